The summed E-state index contributed by atoms with van der Waals surface area (Å²) in [5.41, 5.74) is 2.40. The predicted octanol–water partition coefficient (Wildman–Crippen LogP) is 0.481. The van der Waals surface area contributed by atoms with E-state index in [1.807, 2.05) is 0 Å². The van der Waals surface area contributed by atoms with Gasteiger partial charge in [0.15, 0.2) is 5.65 Å². The van der Waals surface area contributed by atoms with E-state index in [1.54, 1.807) is 11.7 Å². The second-order valence-electron chi connectivity index (χ2n) is 1.47. The summed E-state index contributed by atoms with van der Waals surface area (Å²) in [5.74, 6) is 0. The lowest BCUT2D eigenvalue weighted by atomic mass is 10.7. The first-order valence-corrected chi connectivity index (χ1v) is 3.22. The van der Waals surface area contributed by atoms with Crippen molar-refractivity contribution in [3.05, 3.63) is 11.7 Å². The number of hydrogen-bond donors (Lipinski definition) is 0. The third kappa shape index (κ3) is 0.655. The highest BCUT2D eigenvalue weighted by Gasteiger charge is 1.93. The van der Waals surface area contributed by atoms with E-state index in [-0.39, 0.29) is 0 Å². The highest BCUT2D eigenvalue weighted by atomic mass is 32.1. The van der Waals surface area contributed by atoms with E-state index in [0.717, 1.165) is 4.70 Å². The molecule has 0 bridgehead atoms. The van der Waals surface area contributed by atoms with Gasteiger partial charge in [0.2, 0.25) is 0 Å². The topological polar surface area (TPSA) is 51.6 Å². The van der Waals surface area contributed by atoms with Crippen LogP contribution >= 0.6 is 11.3 Å². The maximum absolute atomic E-state index is 3.92. The maximum atomic E-state index is 3.92. The van der Waals surface area contributed by atoms with Crippen LogP contribution < -0.4 is 0 Å². The fourth-order valence-corrected chi connectivity index (χ4v) is 1.13. The predicted molar refractivity (Wildman–Crippen MR) is 33.0 cm³/mol. The zero-order chi connectivity index (χ0) is 6.10. The number of aromatic nitrogens is 4. The lowest BCUT2D eigenvalue weighted by Gasteiger charge is -1.77. The Morgan fingerprint density at radius 3 is 3.33 bits per heavy atom. The summed E-state index contributed by atoms with van der Waals surface area (Å²) in [6.07, 6.45) is 1.65. The summed E-state index contributed by atoms with van der Waals surface area (Å²) in [7, 11) is 0. The molecule has 0 atom stereocenters. The molecule has 0 aliphatic rings. The minimum absolute atomic E-state index is 0.676. The van der Waals surface area contributed by atoms with Crippen molar-refractivity contribution in [1.82, 2.24) is 20.4 Å². The molecular formula is C4H2N4S. The number of rotatable bonds is 0. The van der Waals surface area contributed by atoms with Crippen molar-refractivity contribution in [2.75, 3.05) is 0 Å². The van der Waals surface area contributed by atoms with Crippen LogP contribution in [0.4, 0.5) is 0 Å². The highest BCUT2D eigenvalue weighted by molar-refractivity contribution is 7.16. The summed E-state index contributed by atoms with van der Waals surface area (Å²) in [5, 5.41) is 10.7. The Morgan fingerprint density at radius 1 is 1.44 bits per heavy atom. The van der Waals surface area contributed by atoms with Crippen molar-refractivity contribution >= 4 is 21.7 Å². The molecule has 2 aromatic heterocycles. The molecule has 0 aromatic carbocycles. The first kappa shape index (κ1) is 4.75. The zero-order valence-electron chi connectivity index (χ0n) is 4.35. The number of fused-ring (bicyclic) bond motifs is 1. The summed E-state index contributed by atoms with van der Waals surface area (Å²) in [6.45, 7) is 0. The number of thiazole rings is 1. The second-order valence-corrected chi connectivity index (χ2v) is 2.36. The molecule has 2 rings (SSSR count). The van der Waals surface area contributed by atoms with E-state index in [4.69, 9.17) is 0 Å². The SMILES string of the molecule is c1nc2nnncc2s1. The van der Waals surface area contributed by atoms with Gasteiger partial charge in [0, 0.05) is 0 Å². The Balaban J connectivity index is 2.95. The van der Waals surface area contributed by atoms with Gasteiger partial charge in [-0.1, -0.05) is 0 Å². The molecule has 0 saturated heterocycles. The molecule has 0 aliphatic heterocycles. The van der Waals surface area contributed by atoms with Crippen LogP contribution in [-0.4, -0.2) is 20.4 Å². The molecule has 2 aromatic rings. The molecule has 2 heterocycles. The lowest BCUT2D eigenvalue weighted by Crippen LogP contribution is -1.83. The van der Waals surface area contributed by atoms with Crippen molar-refractivity contribution in [1.29, 1.82) is 0 Å². The van der Waals surface area contributed by atoms with E-state index in [2.05, 4.69) is 20.4 Å². The van der Waals surface area contributed by atoms with Gasteiger partial charge in [0.1, 0.15) is 0 Å². The third-order valence-electron chi connectivity index (χ3n) is 0.941. The molecule has 9 heavy (non-hydrogen) atoms. The first-order chi connectivity index (χ1) is 4.47. The van der Waals surface area contributed by atoms with E-state index in [0.29, 0.717) is 5.65 Å². The molecule has 0 unspecified atom stereocenters. The van der Waals surface area contributed by atoms with Crippen LogP contribution in [0.3, 0.4) is 0 Å². The monoisotopic (exact) mass is 138 g/mol. The van der Waals surface area contributed by atoms with Crippen LogP contribution in [-0.2, 0) is 0 Å². The highest BCUT2D eigenvalue weighted by Crippen LogP contribution is 2.10. The largest absolute Gasteiger partial charge is 0.223 e. The Hall–Kier alpha value is -1.10. The van der Waals surface area contributed by atoms with Gasteiger partial charge < -0.3 is 0 Å². The van der Waals surface area contributed by atoms with E-state index in [1.165, 1.54) is 11.3 Å². The third-order valence-corrected chi connectivity index (χ3v) is 1.69. The average Bonchev–Trinajstić information content (AvgIpc) is 2.33. The van der Waals surface area contributed by atoms with Gasteiger partial charge in [0.05, 0.1) is 16.4 Å². The van der Waals surface area contributed by atoms with E-state index in [9.17, 15) is 0 Å². The Bertz CT molecular complexity index is 287. The molecule has 0 aliphatic carbocycles. The molecule has 44 valence electrons. The Kier molecular flexibility index (Phi) is 0.895. The number of hydrogen-bond acceptors (Lipinski definition) is 5. The molecular weight excluding hydrogens is 136 g/mol. The van der Waals surface area contributed by atoms with Crippen molar-refractivity contribution < 1.29 is 0 Å². The minimum Gasteiger partial charge on any atom is -0.223 e. The van der Waals surface area contributed by atoms with Crippen LogP contribution in [0.15, 0.2) is 11.7 Å². The van der Waals surface area contributed by atoms with Crippen LogP contribution in [0.1, 0.15) is 0 Å². The van der Waals surface area contributed by atoms with Crippen LogP contribution in [0.2, 0.25) is 0 Å². The van der Waals surface area contributed by atoms with Crippen molar-refractivity contribution in [3.63, 3.8) is 0 Å². The normalized spacial score (nSPS) is 10.2. The van der Waals surface area contributed by atoms with E-state index >= 15 is 0 Å². The van der Waals surface area contributed by atoms with Crippen molar-refractivity contribution in [2.45, 2.75) is 0 Å². The van der Waals surface area contributed by atoms with Gasteiger partial charge in [-0.05, 0) is 5.21 Å². The van der Waals surface area contributed by atoms with Crippen LogP contribution in [0.25, 0.3) is 10.3 Å². The van der Waals surface area contributed by atoms with Crippen molar-refractivity contribution in [3.8, 4) is 0 Å². The molecule has 0 spiro atoms. The first-order valence-electron chi connectivity index (χ1n) is 2.34. The maximum Gasteiger partial charge on any atom is 0.196 e. The molecule has 0 N–H and O–H groups in total. The summed E-state index contributed by atoms with van der Waals surface area (Å²) < 4.78 is 0.977. The van der Waals surface area contributed by atoms with Gasteiger partial charge in [-0.15, -0.1) is 21.5 Å². The molecule has 0 radical (unpaired) electrons. The van der Waals surface area contributed by atoms with Crippen molar-refractivity contribution in [2.24, 2.45) is 0 Å². The molecule has 5 heteroatoms. The zero-order valence-corrected chi connectivity index (χ0v) is 5.17. The lowest BCUT2D eigenvalue weighted by molar-refractivity contribution is 0.889. The quantitative estimate of drug-likeness (QED) is 0.531. The Morgan fingerprint density at radius 2 is 2.44 bits per heavy atom. The number of nitrogens with zero attached hydrogens (tertiary/aromatic N) is 4. The average molecular weight is 138 g/mol. The van der Waals surface area contributed by atoms with Gasteiger partial charge >= 0.3 is 0 Å². The van der Waals surface area contributed by atoms with E-state index < -0.39 is 0 Å². The summed E-state index contributed by atoms with van der Waals surface area (Å²) in [6, 6.07) is 0. The minimum atomic E-state index is 0.676. The van der Waals surface area contributed by atoms with Gasteiger partial charge in [-0.3, -0.25) is 0 Å². The molecule has 4 nitrogen and oxygen atoms in total. The fraction of sp³-hybridized carbons (Fsp3) is 0. The van der Waals surface area contributed by atoms with Gasteiger partial charge in [-0.2, -0.15) is 0 Å². The van der Waals surface area contributed by atoms with Gasteiger partial charge in [0.25, 0.3) is 0 Å². The molecule has 0 saturated carbocycles. The second kappa shape index (κ2) is 1.70. The fourth-order valence-electron chi connectivity index (χ4n) is 0.559. The molecule has 0 fully saturated rings. The smallest absolute Gasteiger partial charge is 0.196 e. The summed E-state index contributed by atoms with van der Waals surface area (Å²) >= 11 is 1.51. The van der Waals surface area contributed by atoms with Gasteiger partial charge in [-0.25, -0.2) is 4.98 Å². The standard InChI is InChI=1S/C4H2N4S/c1-3-4(5-2-9-3)7-8-6-1/h1-2H. The summed E-state index contributed by atoms with van der Waals surface area (Å²) in [4.78, 5) is 3.92. The molecule has 0 amide bonds. The van der Waals surface area contributed by atoms with Crippen LogP contribution in [0.5, 0.6) is 0 Å². The Labute approximate surface area is 54.6 Å². The van der Waals surface area contributed by atoms with Crippen LogP contribution in [0, 0.1) is 0 Å².